The minimum Gasteiger partial charge on any atom is -0.492 e. The van der Waals surface area contributed by atoms with Crippen LogP contribution in [0.15, 0.2) is 18.2 Å². The fraction of sp³-hybridized carbons (Fsp3) is 0.364. The Labute approximate surface area is 82.9 Å². The number of halogens is 1. The van der Waals surface area contributed by atoms with Gasteiger partial charge >= 0.3 is 0 Å². The van der Waals surface area contributed by atoms with Crippen molar-refractivity contribution in [2.75, 3.05) is 6.61 Å². The Morgan fingerprint density at radius 2 is 2.29 bits per heavy atom. The average molecular weight is 193 g/mol. The highest BCUT2D eigenvalue weighted by atomic mass is 19.1. The summed E-state index contributed by atoms with van der Waals surface area (Å²) < 4.78 is 18.1. The number of hydrogen-bond acceptors (Lipinski definition) is 2. The molecule has 2 nitrogen and oxygen atoms in total. The molecule has 0 bridgehead atoms. The SMILES string of the molecule is CCCCOc1ccc(F)cc1C#N. The van der Waals surface area contributed by atoms with Crippen molar-refractivity contribution in [2.24, 2.45) is 0 Å². The Balaban J connectivity index is 2.72. The van der Waals surface area contributed by atoms with Gasteiger partial charge in [0.25, 0.3) is 0 Å². The van der Waals surface area contributed by atoms with Crippen LogP contribution in [0.4, 0.5) is 4.39 Å². The van der Waals surface area contributed by atoms with E-state index in [1.807, 2.05) is 6.07 Å². The zero-order valence-corrected chi connectivity index (χ0v) is 8.09. The molecule has 0 spiro atoms. The van der Waals surface area contributed by atoms with Gasteiger partial charge in [-0.05, 0) is 24.6 Å². The smallest absolute Gasteiger partial charge is 0.137 e. The van der Waals surface area contributed by atoms with Crippen molar-refractivity contribution in [3.8, 4) is 11.8 Å². The van der Waals surface area contributed by atoms with Gasteiger partial charge in [0, 0.05) is 0 Å². The Morgan fingerprint density at radius 3 is 2.93 bits per heavy atom. The summed E-state index contributed by atoms with van der Waals surface area (Å²) in [5.41, 5.74) is 0.251. The normalized spacial score (nSPS) is 9.50. The fourth-order valence-corrected chi connectivity index (χ4v) is 1.04. The van der Waals surface area contributed by atoms with Gasteiger partial charge in [-0.2, -0.15) is 5.26 Å². The van der Waals surface area contributed by atoms with Crippen LogP contribution in [0, 0.1) is 17.1 Å². The molecule has 0 radical (unpaired) electrons. The molecule has 0 unspecified atom stereocenters. The number of nitrogens with zero attached hydrogens (tertiary/aromatic N) is 1. The molecule has 0 saturated heterocycles. The van der Waals surface area contributed by atoms with Crippen LogP contribution >= 0.6 is 0 Å². The van der Waals surface area contributed by atoms with Crippen LogP contribution in [-0.4, -0.2) is 6.61 Å². The standard InChI is InChI=1S/C11H12FNO/c1-2-3-6-14-11-5-4-10(12)7-9(11)8-13/h4-5,7H,2-3,6H2,1H3. The monoisotopic (exact) mass is 193 g/mol. The van der Waals surface area contributed by atoms with Gasteiger partial charge in [0.1, 0.15) is 17.6 Å². The molecular formula is C11H12FNO. The molecule has 1 aromatic carbocycles. The first-order valence-corrected chi connectivity index (χ1v) is 4.60. The number of unbranched alkanes of at least 4 members (excludes halogenated alkanes) is 1. The van der Waals surface area contributed by atoms with E-state index < -0.39 is 5.82 Å². The van der Waals surface area contributed by atoms with E-state index in [2.05, 4.69) is 6.92 Å². The second-order valence-electron chi connectivity index (χ2n) is 2.95. The number of nitriles is 1. The van der Waals surface area contributed by atoms with Crippen LogP contribution in [0.3, 0.4) is 0 Å². The molecule has 74 valence electrons. The van der Waals surface area contributed by atoms with Gasteiger partial charge in [-0.25, -0.2) is 4.39 Å². The zero-order chi connectivity index (χ0) is 10.4. The van der Waals surface area contributed by atoms with Crippen LogP contribution in [0.5, 0.6) is 5.75 Å². The van der Waals surface area contributed by atoms with Crippen molar-refractivity contribution in [2.45, 2.75) is 19.8 Å². The maximum Gasteiger partial charge on any atom is 0.137 e. The van der Waals surface area contributed by atoms with E-state index in [1.165, 1.54) is 18.2 Å². The Morgan fingerprint density at radius 1 is 1.50 bits per heavy atom. The van der Waals surface area contributed by atoms with Gasteiger partial charge in [-0.15, -0.1) is 0 Å². The van der Waals surface area contributed by atoms with Crippen molar-refractivity contribution in [1.29, 1.82) is 5.26 Å². The lowest BCUT2D eigenvalue weighted by Gasteiger charge is -2.06. The molecule has 3 heteroatoms. The van der Waals surface area contributed by atoms with Gasteiger partial charge in [0.05, 0.1) is 12.2 Å². The fourth-order valence-electron chi connectivity index (χ4n) is 1.04. The molecule has 1 aromatic rings. The van der Waals surface area contributed by atoms with Crippen molar-refractivity contribution >= 4 is 0 Å². The summed E-state index contributed by atoms with van der Waals surface area (Å²) in [6, 6.07) is 5.86. The number of ether oxygens (including phenoxy) is 1. The van der Waals surface area contributed by atoms with E-state index in [9.17, 15) is 4.39 Å². The molecule has 0 aromatic heterocycles. The van der Waals surface area contributed by atoms with Crippen LogP contribution in [0.25, 0.3) is 0 Å². The Bertz CT molecular complexity index is 344. The summed E-state index contributed by atoms with van der Waals surface area (Å²) in [6.07, 6.45) is 1.96. The first-order valence-electron chi connectivity index (χ1n) is 4.60. The third kappa shape index (κ3) is 2.74. The van der Waals surface area contributed by atoms with Crippen molar-refractivity contribution in [1.82, 2.24) is 0 Å². The topological polar surface area (TPSA) is 33.0 Å². The summed E-state index contributed by atoms with van der Waals surface area (Å²) in [7, 11) is 0. The quantitative estimate of drug-likeness (QED) is 0.689. The molecule has 0 aliphatic heterocycles. The molecule has 0 aliphatic carbocycles. The molecule has 0 heterocycles. The maximum absolute atomic E-state index is 12.7. The third-order valence-corrected chi connectivity index (χ3v) is 1.82. The average Bonchev–Trinajstić information content (AvgIpc) is 2.20. The van der Waals surface area contributed by atoms with Crippen LogP contribution in [-0.2, 0) is 0 Å². The predicted octanol–water partition coefficient (Wildman–Crippen LogP) is 2.88. The van der Waals surface area contributed by atoms with E-state index in [1.54, 1.807) is 0 Å². The minimum atomic E-state index is -0.413. The highest BCUT2D eigenvalue weighted by Crippen LogP contribution is 2.18. The molecule has 0 aliphatic rings. The number of hydrogen-bond donors (Lipinski definition) is 0. The van der Waals surface area contributed by atoms with Crippen LogP contribution in [0.2, 0.25) is 0 Å². The molecule has 0 N–H and O–H groups in total. The lowest BCUT2D eigenvalue weighted by molar-refractivity contribution is 0.308. The molecule has 0 atom stereocenters. The predicted molar refractivity (Wildman–Crippen MR) is 51.5 cm³/mol. The summed E-state index contributed by atoms with van der Waals surface area (Å²) in [5, 5.41) is 8.70. The van der Waals surface area contributed by atoms with Crippen molar-refractivity contribution in [3.63, 3.8) is 0 Å². The minimum absolute atomic E-state index is 0.251. The molecule has 14 heavy (non-hydrogen) atoms. The molecule has 0 amide bonds. The van der Waals surface area contributed by atoms with E-state index in [0.29, 0.717) is 12.4 Å². The van der Waals surface area contributed by atoms with E-state index in [0.717, 1.165) is 12.8 Å². The van der Waals surface area contributed by atoms with Gasteiger partial charge in [-0.1, -0.05) is 13.3 Å². The van der Waals surface area contributed by atoms with Gasteiger partial charge in [-0.3, -0.25) is 0 Å². The highest BCUT2D eigenvalue weighted by molar-refractivity contribution is 5.42. The first-order chi connectivity index (χ1) is 6.77. The molecule has 0 fully saturated rings. The Hall–Kier alpha value is -1.56. The third-order valence-electron chi connectivity index (χ3n) is 1.82. The van der Waals surface area contributed by atoms with Crippen LogP contribution in [0.1, 0.15) is 25.3 Å². The summed E-state index contributed by atoms with van der Waals surface area (Å²) in [5.74, 6) is 0.0479. The van der Waals surface area contributed by atoms with Gasteiger partial charge < -0.3 is 4.74 Å². The largest absolute Gasteiger partial charge is 0.492 e. The lowest BCUT2D eigenvalue weighted by atomic mass is 10.2. The summed E-state index contributed by atoms with van der Waals surface area (Å²) in [4.78, 5) is 0. The molecule has 0 saturated carbocycles. The second kappa shape index (κ2) is 5.23. The van der Waals surface area contributed by atoms with E-state index >= 15 is 0 Å². The van der Waals surface area contributed by atoms with Crippen LogP contribution < -0.4 is 4.74 Å². The highest BCUT2D eigenvalue weighted by Gasteiger charge is 2.03. The summed E-state index contributed by atoms with van der Waals surface area (Å²) >= 11 is 0. The first kappa shape index (κ1) is 10.5. The lowest BCUT2D eigenvalue weighted by Crippen LogP contribution is -1.98. The van der Waals surface area contributed by atoms with Gasteiger partial charge in [0.15, 0.2) is 0 Å². The Kier molecular flexibility index (Phi) is 3.93. The van der Waals surface area contributed by atoms with E-state index in [4.69, 9.17) is 10.00 Å². The molecule has 1 rings (SSSR count). The van der Waals surface area contributed by atoms with Crippen molar-refractivity contribution in [3.05, 3.63) is 29.6 Å². The number of benzene rings is 1. The number of rotatable bonds is 4. The van der Waals surface area contributed by atoms with Crippen molar-refractivity contribution < 1.29 is 9.13 Å². The van der Waals surface area contributed by atoms with E-state index in [-0.39, 0.29) is 5.56 Å². The van der Waals surface area contributed by atoms with Gasteiger partial charge in [0.2, 0.25) is 0 Å². The zero-order valence-electron chi connectivity index (χ0n) is 8.09. The maximum atomic E-state index is 12.7. The second-order valence-corrected chi connectivity index (χ2v) is 2.95. The summed E-state index contributed by atoms with van der Waals surface area (Å²) in [6.45, 7) is 2.62. The molecular weight excluding hydrogens is 181 g/mol.